The van der Waals surface area contributed by atoms with Crippen molar-refractivity contribution in [3.63, 3.8) is 0 Å². The van der Waals surface area contributed by atoms with Gasteiger partial charge in [-0.2, -0.15) is 20.8 Å². The topological polar surface area (TPSA) is 116 Å². The fourth-order valence-electron chi connectivity index (χ4n) is 2.35. The minimum absolute atomic E-state index is 0.608. The van der Waals surface area contributed by atoms with Crippen LogP contribution in [0.4, 0.5) is 5.69 Å². The summed E-state index contributed by atoms with van der Waals surface area (Å²) in [6.45, 7) is 0. The van der Waals surface area contributed by atoms with Crippen molar-refractivity contribution in [1.82, 2.24) is 21.9 Å². The Morgan fingerprint density at radius 3 is 1.97 bits per heavy atom. The monoisotopic (exact) mass is 450 g/mol. The number of hydrogen-bond acceptors (Lipinski definition) is 6. The van der Waals surface area contributed by atoms with E-state index in [9.17, 15) is 16.8 Å². The summed E-state index contributed by atoms with van der Waals surface area (Å²) in [5.41, 5.74) is 0.608. The van der Waals surface area contributed by atoms with Crippen LogP contribution in [0.1, 0.15) is 0 Å². The number of hydrogen-bond donors (Lipinski definition) is 0. The van der Waals surface area contributed by atoms with Gasteiger partial charge in [0.15, 0.2) is 0 Å². The van der Waals surface area contributed by atoms with Crippen LogP contribution in [-0.4, -0.2) is 45.8 Å². The molecule has 0 aliphatic rings. The van der Waals surface area contributed by atoms with Crippen LogP contribution in [0.15, 0.2) is 86.5 Å². The molecule has 1 aromatic carbocycles. The third kappa shape index (κ3) is 4.41. The molecule has 11 nitrogen and oxygen atoms in total. The number of imidazole rings is 3. The lowest BCUT2D eigenvalue weighted by atomic mass is 10.3. The Labute approximate surface area is 174 Å². The molecule has 13 heteroatoms. The second kappa shape index (κ2) is 8.51. The summed E-state index contributed by atoms with van der Waals surface area (Å²) < 4.78 is 53.7. The largest absolute Gasteiger partial charge is 0.408 e. The van der Waals surface area contributed by atoms with Gasteiger partial charge >= 0.3 is 20.4 Å². The van der Waals surface area contributed by atoms with Crippen LogP contribution in [0, 0.1) is 0 Å². The molecule has 0 amide bonds. The van der Waals surface area contributed by atoms with Crippen LogP contribution in [0.2, 0.25) is 0 Å². The molecule has 0 saturated heterocycles. The summed E-state index contributed by atoms with van der Waals surface area (Å²) in [5.74, 6) is 0. The van der Waals surface area contributed by atoms with Gasteiger partial charge in [0.1, 0.15) is 25.0 Å². The highest BCUT2D eigenvalue weighted by Gasteiger charge is 2.21. The van der Waals surface area contributed by atoms with E-state index in [1.807, 2.05) is 6.07 Å². The fourth-order valence-corrected chi connectivity index (χ4v) is 4.48. The van der Waals surface area contributed by atoms with Crippen LogP contribution in [0.3, 0.4) is 0 Å². The molecule has 3 heterocycles. The molecule has 0 aliphatic carbocycles. The van der Waals surface area contributed by atoms with E-state index < -0.39 is 20.4 Å². The van der Waals surface area contributed by atoms with Gasteiger partial charge in [0, 0.05) is 31.8 Å². The van der Waals surface area contributed by atoms with Gasteiger partial charge in [-0.3, -0.25) is 4.31 Å². The van der Waals surface area contributed by atoms with Crippen LogP contribution >= 0.6 is 0 Å². The van der Waals surface area contributed by atoms with Gasteiger partial charge in [-0.15, -0.1) is 3.97 Å². The van der Waals surface area contributed by atoms with Crippen LogP contribution in [-0.2, 0) is 27.5 Å². The Bertz CT molecular complexity index is 1280. The van der Waals surface area contributed by atoms with E-state index in [0.29, 0.717) is 5.69 Å². The SMILES string of the molecule is CN(c1ccccc1)S(=O)(=O)n1ccnc1.C[n+]1ccn(S(=O)(=O)n2ccnc2)c1. The zero-order valence-electron chi connectivity index (χ0n) is 16.2. The Kier molecular flexibility index (Phi) is 6.03. The van der Waals surface area contributed by atoms with E-state index in [1.165, 1.54) is 61.3 Å². The van der Waals surface area contributed by atoms with Gasteiger partial charge < -0.3 is 0 Å². The minimum Gasteiger partial charge on any atom is -0.256 e. The van der Waals surface area contributed by atoms with Gasteiger partial charge in [0.2, 0.25) is 0 Å². The van der Waals surface area contributed by atoms with Crippen molar-refractivity contribution < 1.29 is 21.4 Å². The molecule has 30 heavy (non-hydrogen) atoms. The summed E-state index contributed by atoms with van der Waals surface area (Å²) in [6, 6.07) is 8.87. The number of rotatable bonds is 5. The highest BCUT2D eigenvalue weighted by Crippen LogP contribution is 2.16. The first-order valence-corrected chi connectivity index (χ1v) is 11.3. The van der Waals surface area contributed by atoms with E-state index >= 15 is 0 Å². The minimum atomic E-state index is -3.56. The zero-order valence-corrected chi connectivity index (χ0v) is 17.8. The molecule has 0 unspecified atom stereocenters. The number of benzene rings is 1. The quantitative estimate of drug-likeness (QED) is 0.403. The Hall–Kier alpha value is -3.45. The van der Waals surface area contributed by atoms with Gasteiger partial charge in [0.25, 0.3) is 6.33 Å². The second-order valence-corrected chi connectivity index (χ2v) is 9.62. The lowest BCUT2D eigenvalue weighted by Crippen LogP contribution is -2.31. The maximum atomic E-state index is 12.0. The van der Waals surface area contributed by atoms with Crippen molar-refractivity contribution in [3.8, 4) is 0 Å². The van der Waals surface area contributed by atoms with Crippen LogP contribution in [0.5, 0.6) is 0 Å². The van der Waals surface area contributed by atoms with Crippen molar-refractivity contribution in [2.75, 3.05) is 11.4 Å². The van der Waals surface area contributed by atoms with E-state index in [4.69, 9.17) is 0 Å². The lowest BCUT2D eigenvalue weighted by molar-refractivity contribution is -0.670. The first kappa shape index (κ1) is 21.3. The van der Waals surface area contributed by atoms with Crippen LogP contribution < -0.4 is 8.87 Å². The molecule has 3 aromatic heterocycles. The molecule has 4 aromatic rings. The predicted octanol–water partition coefficient (Wildman–Crippen LogP) is 0.263. The van der Waals surface area contributed by atoms with Crippen molar-refractivity contribution in [3.05, 3.63) is 86.5 Å². The molecule has 0 atom stereocenters. The number of para-hydroxylation sites is 1. The third-order valence-electron chi connectivity index (χ3n) is 3.97. The predicted molar refractivity (Wildman–Crippen MR) is 109 cm³/mol. The van der Waals surface area contributed by atoms with Gasteiger partial charge in [-0.1, -0.05) is 18.2 Å². The Morgan fingerprint density at radius 2 is 1.47 bits per heavy atom. The highest BCUT2D eigenvalue weighted by atomic mass is 32.2. The van der Waals surface area contributed by atoms with E-state index in [2.05, 4.69) is 9.97 Å². The molecule has 0 N–H and O–H groups in total. The molecule has 158 valence electrons. The molecular formula is C17H20N7O4S2+. The summed E-state index contributed by atoms with van der Waals surface area (Å²) in [5, 5.41) is 0. The first-order valence-electron chi connectivity index (χ1n) is 8.52. The first-order chi connectivity index (χ1) is 14.2. The van der Waals surface area contributed by atoms with Gasteiger partial charge in [-0.05, 0) is 12.1 Å². The number of anilines is 1. The smallest absolute Gasteiger partial charge is 0.256 e. The van der Waals surface area contributed by atoms with Gasteiger partial charge in [0.05, 0.1) is 12.7 Å². The fraction of sp³-hybridized carbons (Fsp3) is 0.118. The normalized spacial score (nSPS) is 11.5. The van der Waals surface area contributed by atoms with Crippen molar-refractivity contribution in [2.24, 2.45) is 7.05 Å². The Morgan fingerprint density at radius 1 is 0.867 bits per heavy atom. The number of nitrogens with zero attached hydrogens (tertiary/aromatic N) is 7. The zero-order chi connectivity index (χ0) is 21.8. The molecule has 0 fully saturated rings. The van der Waals surface area contributed by atoms with Crippen molar-refractivity contribution >= 4 is 26.1 Å². The maximum absolute atomic E-state index is 12.0. The van der Waals surface area contributed by atoms with Crippen LogP contribution in [0.25, 0.3) is 0 Å². The van der Waals surface area contributed by atoms with Gasteiger partial charge in [-0.25, -0.2) is 18.5 Å². The third-order valence-corrected chi connectivity index (χ3v) is 7.12. The molecule has 0 spiro atoms. The van der Waals surface area contributed by atoms with E-state index in [-0.39, 0.29) is 0 Å². The molecular weight excluding hydrogens is 430 g/mol. The number of aryl methyl sites for hydroxylation is 1. The van der Waals surface area contributed by atoms with Crippen molar-refractivity contribution in [1.29, 1.82) is 0 Å². The highest BCUT2D eigenvalue weighted by molar-refractivity contribution is 7.91. The molecule has 0 radical (unpaired) electrons. The summed E-state index contributed by atoms with van der Waals surface area (Å²) in [4.78, 5) is 7.41. The average Bonchev–Trinajstić information content (AvgIpc) is 3.50. The summed E-state index contributed by atoms with van der Waals surface area (Å²) in [6.07, 6.45) is 12.7. The number of aromatic nitrogens is 6. The second-order valence-electron chi connectivity index (χ2n) is 6.01. The summed E-state index contributed by atoms with van der Waals surface area (Å²) >= 11 is 0. The van der Waals surface area contributed by atoms with Crippen molar-refractivity contribution in [2.45, 2.75) is 0 Å². The molecule has 0 saturated carbocycles. The molecule has 0 aliphatic heterocycles. The lowest BCUT2D eigenvalue weighted by Gasteiger charge is -2.19. The Balaban J connectivity index is 0.000000172. The van der Waals surface area contributed by atoms with E-state index in [0.717, 1.165) is 11.9 Å². The average molecular weight is 451 g/mol. The maximum Gasteiger partial charge on any atom is 0.408 e. The molecule has 0 bridgehead atoms. The summed E-state index contributed by atoms with van der Waals surface area (Å²) in [7, 11) is -3.83. The standard InChI is InChI=1S/C10H11N3O2S.C7H9N4O2S/c1-12(10-5-3-2-4-6-10)16(14,15)13-8-7-11-9-13;1-9-4-5-11(7-9)14(12,13)10-3-2-8-6-10/h2-9H,1H3;2-7H,1H3/q;+1. The molecule has 4 rings (SSSR count). The van der Waals surface area contributed by atoms with E-state index in [1.54, 1.807) is 42.1 Å².